The van der Waals surface area contributed by atoms with E-state index in [9.17, 15) is 9.18 Å². The summed E-state index contributed by atoms with van der Waals surface area (Å²) in [6.45, 7) is 5.96. The third-order valence-electron chi connectivity index (χ3n) is 4.02. The van der Waals surface area contributed by atoms with E-state index >= 15 is 0 Å². The van der Waals surface area contributed by atoms with E-state index in [4.69, 9.17) is 9.84 Å². The summed E-state index contributed by atoms with van der Waals surface area (Å²) in [5.74, 6) is -0.394. The number of carbonyl (C=O) groups is 1. The van der Waals surface area contributed by atoms with Crippen LogP contribution in [-0.2, 0) is 4.79 Å². The van der Waals surface area contributed by atoms with Crippen molar-refractivity contribution in [3.63, 3.8) is 0 Å². The molecule has 2 rings (SSSR count). The van der Waals surface area contributed by atoms with E-state index in [1.807, 2.05) is 6.92 Å². The molecule has 5 heteroatoms. The third kappa shape index (κ3) is 2.93. The summed E-state index contributed by atoms with van der Waals surface area (Å²) in [7, 11) is 0. The maximum absolute atomic E-state index is 13.4. The quantitative estimate of drug-likeness (QED) is 0.891. The summed E-state index contributed by atoms with van der Waals surface area (Å²) >= 11 is 0. The van der Waals surface area contributed by atoms with Gasteiger partial charge in [0.25, 0.3) is 0 Å². The number of nitrogens with one attached hydrogen (secondary N) is 1. The van der Waals surface area contributed by atoms with E-state index in [1.165, 1.54) is 12.1 Å². The molecule has 0 aromatic heterocycles. The molecular formula is C15H20FNO3. The summed E-state index contributed by atoms with van der Waals surface area (Å²) in [6, 6.07) is 4.16. The molecule has 4 nitrogen and oxygen atoms in total. The minimum Gasteiger partial charge on any atom is -0.487 e. The van der Waals surface area contributed by atoms with Crippen molar-refractivity contribution in [3.05, 3.63) is 29.6 Å². The average molecular weight is 281 g/mol. The van der Waals surface area contributed by atoms with Crippen LogP contribution in [0.15, 0.2) is 18.2 Å². The monoisotopic (exact) mass is 281 g/mol. The number of benzene rings is 1. The minimum atomic E-state index is -0.930. The number of rotatable bonds is 4. The highest BCUT2D eigenvalue weighted by Crippen LogP contribution is 2.42. The van der Waals surface area contributed by atoms with Gasteiger partial charge in [-0.3, -0.25) is 10.1 Å². The fourth-order valence-corrected chi connectivity index (χ4v) is 2.44. The zero-order valence-corrected chi connectivity index (χ0v) is 11.9. The van der Waals surface area contributed by atoms with Crippen LogP contribution in [0, 0.1) is 11.7 Å². The van der Waals surface area contributed by atoms with E-state index < -0.39 is 11.6 Å². The number of hydrogen-bond acceptors (Lipinski definition) is 3. The summed E-state index contributed by atoms with van der Waals surface area (Å²) in [5, 5.41) is 11.8. The Morgan fingerprint density at radius 1 is 1.60 bits per heavy atom. The Balaban J connectivity index is 2.34. The van der Waals surface area contributed by atoms with Gasteiger partial charge in [0, 0.05) is 18.0 Å². The number of carboxylic acids is 1. The Bertz CT molecular complexity index is 518. The Morgan fingerprint density at radius 3 is 2.90 bits per heavy atom. The molecule has 1 aromatic carbocycles. The van der Waals surface area contributed by atoms with Crippen molar-refractivity contribution in [2.75, 3.05) is 6.54 Å². The van der Waals surface area contributed by atoms with Crippen LogP contribution in [0.2, 0.25) is 0 Å². The van der Waals surface area contributed by atoms with Crippen molar-refractivity contribution in [2.24, 2.45) is 5.92 Å². The van der Waals surface area contributed by atoms with Crippen LogP contribution >= 0.6 is 0 Å². The Morgan fingerprint density at radius 2 is 2.30 bits per heavy atom. The first-order chi connectivity index (χ1) is 9.32. The maximum atomic E-state index is 13.4. The first kappa shape index (κ1) is 14.8. The highest BCUT2D eigenvalue weighted by atomic mass is 19.1. The largest absolute Gasteiger partial charge is 0.487 e. The van der Waals surface area contributed by atoms with Crippen LogP contribution in [0.5, 0.6) is 5.75 Å². The fraction of sp³-hybridized carbons (Fsp3) is 0.533. The number of ether oxygens (including phenoxy) is 1. The highest BCUT2D eigenvalue weighted by molar-refractivity contribution is 5.69. The zero-order chi connectivity index (χ0) is 14.9. The topological polar surface area (TPSA) is 58.6 Å². The molecule has 0 fully saturated rings. The second-order valence-corrected chi connectivity index (χ2v) is 5.78. The Hall–Kier alpha value is -1.62. The van der Waals surface area contributed by atoms with Crippen molar-refractivity contribution in [3.8, 4) is 5.75 Å². The Labute approximate surface area is 117 Å². The van der Waals surface area contributed by atoms with Gasteiger partial charge in [-0.25, -0.2) is 4.39 Å². The van der Waals surface area contributed by atoms with Crippen molar-refractivity contribution in [2.45, 2.75) is 38.8 Å². The number of aliphatic carboxylic acids is 1. The van der Waals surface area contributed by atoms with Crippen LogP contribution in [0.25, 0.3) is 0 Å². The van der Waals surface area contributed by atoms with Gasteiger partial charge in [-0.1, -0.05) is 13.8 Å². The predicted octanol–water partition coefficient (Wildman–Crippen LogP) is 2.74. The third-order valence-corrected chi connectivity index (χ3v) is 4.02. The first-order valence-electron chi connectivity index (χ1n) is 6.75. The smallest absolute Gasteiger partial charge is 0.317 e. The van der Waals surface area contributed by atoms with Gasteiger partial charge in [-0.05, 0) is 31.0 Å². The van der Waals surface area contributed by atoms with Gasteiger partial charge in [-0.2, -0.15) is 0 Å². The van der Waals surface area contributed by atoms with Crippen LogP contribution in [0.3, 0.4) is 0 Å². The molecule has 1 aliphatic heterocycles. The molecule has 0 saturated heterocycles. The molecular weight excluding hydrogens is 261 g/mol. The van der Waals surface area contributed by atoms with Gasteiger partial charge < -0.3 is 9.84 Å². The number of carboxylic acid groups (broad SMARTS) is 1. The van der Waals surface area contributed by atoms with Gasteiger partial charge in [0.05, 0.1) is 6.54 Å². The molecule has 0 aliphatic carbocycles. The van der Waals surface area contributed by atoms with E-state index in [2.05, 4.69) is 19.2 Å². The average Bonchev–Trinajstić information content (AvgIpc) is 2.36. The molecule has 1 aliphatic rings. The van der Waals surface area contributed by atoms with Gasteiger partial charge in [0.2, 0.25) is 0 Å². The van der Waals surface area contributed by atoms with Crippen LogP contribution in [0.4, 0.5) is 4.39 Å². The van der Waals surface area contributed by atoms with E-state index in [1.54, 1.807) is 6.07 Å². The number of fused-ring (bicyclic) bond motifs is 1. The van der Waals surface area contributed by atoms with E-state index in [0.29, 0.717) is 17.7 Å². The molecule has 1 aromatic rings. The lowest BCUT2D eigenvalue weighted by Gasteiger charge is -2.42. The lowest BCUT2D eigenvalue weighted by molar-refractivity contribution is -0.136. The fourth-order valence-electron chi connectivity index (χ4n) is 2.44. The van der Waals surface area contributed by atoms with Crippen molar-refractivity contribution in [1.82, 2.24) is 5.32 Å². The molecule has 2 atom stereocenters. The van der Waals surface area contributed by atoms with Crippen LogP contribution < -0.4 is 10.1 Å². The second kappa shape index (κ2) is 5.40. The highest BCUT2D eigenvalue weighted by Gasteiger charge is 2.39. The van der Waals surface area contributed by atoms with Crippen molar-refractivity contribution in [1.29, 1.82) is 0 Å². The van der Waals surface area contributed by atoms with Crippen molar-refractivity contribution < 1.29 is 19.0 Å². The first-order valence-corrected chi connectivity index (χ1v) is 6.75. The number of hydrogen-bond donors (Lipinski definition) is 2. The van der Waals surface area contributed by atoms with Gasteiger partial charge in [0.1, 0.15) is 17.2 Å². The lowest BCUT2D eigenvalue weighted by atomic mass is 9.81. The maximum Gasteiger partial charge on any atom is 0.317 e. The summed E-state index contributed by atoms with van der Waals surface area (Å²) in [4.78, 5) is 10.7. The van der Waals surface area contributed by atoms with E-state index in [-0.39, 0.29) is 24.3 Å². The van der Waals surface area contributed by atoms with Crippen molar-refractivity contribution >= 4 is 5.97 Å². The standard InChI is InChI=1S/C15H20FNO3/c1-9(2)15(3)7-12(17-8-14(18)19)11-6-10(16)4-5-13(11)20-15/h4-6,9,12,17H,7-8H2,1-3H3,(H,18,19). The summed E-state index contributed by atoms with van der Waals surface area (Å²) in [6.07, 6.45) is 0.606. The number of halogens is 1. The summed E-state index contributed by atoms with van der Waals surface area (Å²) < 4.78 is 19.4. The van der Waals surface area contributed by atoms with Gasteiger partial charge in [-0.15, -0.1) is 0 Å². The van der Waals surface area contributed by atoms with Gasteiger partial charge >= 0.3 is 5.97 Å². The molecule has 0 saturated carbocycles. The normalized spacial score (nSPS) is 25.1. The van der Waals surface area contributed by atoms with E-state index in [0.717, 1.165) is 0 Å². The molecule has 20 heavy (non-hydrogen) atoms. The predicted molar refractivity (Wildman–Crippen MR) is 73.3 cm³/mol. The van der Waals surface area contributed by atoms with Crippen LogP contribution in [-0.4, -0.2) is 23.2 Å². The molecule has 0 radical (unpaired) electrons. The molecule has 0 bridgehead atoms. The SMILES string of the molecule is CC(C)C1(C)CC(NCC(=O)O)c2cc(F)ccc2O1. The molecule has 0 spiro atoms. The minimum absolute atomic E-state index is 0.158. The second-order valence-electron chi connectivity index (χ2n) is 5.78. The van der Waals surface area contributed by atoms with Crippen LogP contribution in [0.1, 0.15) is 38.8 Å². The molecule has 2 unspecified atom stereocenters. The van der Waals surface area contributed by atoms with Gasteiger partial charge in [0.15, 0.2) is 0 Å². The molecule has 0 amide bonds. The molecule has 2 N–H and O–H groups in total. The molecule has 110 valence electrons. The lowest BCUT2D eigenvalue weighted by Crippen LogP contribution is -2.46. The molecule has 1 heterocycles. The summed E-state index contributed by atoms with van der Waals surface area (Å²) in [5.41, 5.74) is 0.283. The zero-order valence-electron chi connectivity index (χ0n) is 11.9. The Kier molecular flexibility index (Phi) is 3.99.